The molecule has 1 atom stereocenters. The van der Waals surface area contributed by atoms with Gasteiger partial charge in [-0.15, -0.1) is 29.1 Å². The molecule has 0 aliphatic carbocycles. The maximum atomic E-state index is 12.2. The number of hydrogen-bond donors (Lipinski definition) is 1. The first-order valence-corrected chi connectivity index (χ1v) is 15.4. The van der Waals surface area contributed by atoms with Crippen LogP contribution in [0.4, 0.5) is 0 Å². The number of carbonyl (C=O) groups excluding carboxylic acids is 1. The Bertz CT molecular complexity index is 1400. The second-order valence-electron chi connectivity index (χ2n) is 10.5. The Balaban J connectivity index is 0.000000307. The van der Waals surface area contributed by atoms with Crippen LogP contribution in [0.25, 0.3) is 27.6 Å². The van der Waals surface area contributed by atoms with Crippen LogP contribution in [0.1, 0.15) is 91.2 Å². The van der Waals surface area contributed by atoms with Crippen LogP contribution in [0.15, 0.2) is 64.7 Å². The van der Waals surface area contributed by atoms with Gasteiger partial charge in [-0.25, -0.2) is 4.21 Å². The maximum absolute atomic E-state index is 12.2. The molecule has 217 valence electrons. The van der Waals surface area contributed by atoms with E-state index < -0.39 is 10.8 Å². The zero-order chi connectivity index (χ0) is 28.7. The van der Waals surface area contributed by atoms with E-state index in [9.17, 15) is 14.1 Å². The molecule has 2 aromatic carbocycles. The summed E-state index contributed by atoms with van der Waals surface area (Å²) in [5.41, 5.74) is 5.16. The number of pyridine rings is 1. The molecule has 0 spiro atoms. The number of carbonyl (C=O) groups is 1. The molecule has 1 aliphatic heterocycles. The third-order valence-electron chi connectivity index (χ3n) is 7.57. The van der Waals surface area contributed by atoms with Crippen LogP contribution in [0.2, 0.25) is 0 Å². The molecule has 4 nitrogen and oxygen atoms in total. The van der Waals surface area contributed by atoms with E-state index in [4.69, 9.17) is 0 Å². The molecule has 0 saturated carbocycles. The van der Waals surface area contributed by atoms with Gasteiger partial charge in [0.05, 0.1) is 16.6 Å². The minimum atomic E-state index is -1.07. The van der Waals surface area contributed by atoms with Crippen molar-refractivity contribution in [1.82, 2.24) is 4.98 Å². The van der Waals surface area contributed by atoms with Crippen molar-refractivity contribution in [2.75, 3.05) is 0 Å². The number of fused-ring (bicyclic) bond motifs is 2. The van der Waals surface area contributed by atoms with Crippen molar-refractivity contribution in [2.45, 2.75) is 85.0 Å². The molecule has 3 aromatic rings. The fraction of sp³-hybridized carbons (Fsp3) is 0.412. The quantitative estimate of drug-likeness (QED) is 0.135. The van der Waals surface area contributed by atoms with Crippen LogP contribution in [-0.2, 0) is 35.7 Å². The molecule has 1 aliphatic rings. The molecular weight excluding hydrogens is 695 g/mol. The number of aliphatic hydroxyl groups is 1. The summed E-state index contributed by atoms with van der Waals surface area (Å²) in [4.78, 5) is 17.2. The molecule has 0 amide bonds. The molecule has 2 heterocycles. The average Bonchev–Trinajstić information content (AvgIpc) is 3.22. The molecule has 4 rings (SSSR count). The van der Waals surface area contributed by atoms with Gasteiger partial charge in [-0.2, -0.15) is 0 Å². The Hall–Kier alpha value is -2.40. The van der Waals surface area contributed by atoms with E-state index in [-0.39, 0.29) is 43.5 Å². The average molecular weight is 737 g/mol. The van der Waals surface area contributed by atoms with Crippen LogP contribution in [0, 0.1) is 17.9 Å². The van der Waals surface area contributed by atoms with Gasteiger partial charge < -0.3 is 5.11 Å². The van der Waals surface area contributed by atoms with Crippen molar-refractivity contribution in [2.24, 2.45) is 11.8 Å². The van der Waals surface area contributed by atoms with Crippen molar-refractivity contribution >= 4 is 32.9 Å². The predicted molar refractivity (Wildman–Crippen MR) is 164 cm³/mol. The summed E-state index contributed by atoms with van der Waals surface area (Å²) in [6.45, 7) is 14.5. The van der Waals surface area contributed by atoms with Crippen LogP contribution in [0.3, 0.4) is 0 Å². The molecule has 40 heavy (non-hydrogen) atoms. The number of aliphatic hydroxyl groups excluding tert-OH is 1. The van der Waals surface area contributed by atoms with E-state index in [1.807, 2.05) is 46.8 Å². The number of nitrogens with zero attached hydrogens (tertiary/aromatic N) is 1. The van der Waals surface area contributed by atoms with Gasteiger partial charge in [0.1, 0.15) is 0 Å². The van der Waals surface area contributed by atoms with Crippen molar-refractivity contribution in [3.63, 3.8) is 0 Å². The summed E-state index contributed by atoms with van der Waals surface area (Å²) in [5, 5.41) is 13.9. The van der Waals surface area contributed by atoms with E-state index in [0.717, 1.165) is 58.4 Å². The van der Waals surface area contributed by atoms with Crippen molar-refractivity contribution < 1.29 is 34.2 Å². The van der Waals surface area contributed by atoms with Crippen LogP contribution >= 0.6 is 0 Å². The van der Waals surface area contributed by atoms with Gasteiger partial charge in [0.2, 0.25) is 0 Å². The van der Waals surface area contributed by atoms with E-state index in [2.05, 4.69) is 49.2 Å². The smallest absolute Gasteiger partial charge is 0.162 e. The first kappa shape index (κ1) is 33.8. The van der Waals surface area contributed by atoms with E-state index in [1.165, 1.54) is 17.0 Å². The van der Waals surface area contributed by atoms with Crippen molar-refractivity contribution in [3.8, 4) is 11.3 Å². The third-order valence-corrected chi connectivity index (χ3v) is 8.92. The third kappa shape index (κ3) is 7.66. The predicted octanol–water partition coefficient (Wildman–Crippen LogP) is 9.17. The number of ketones is 1. The van der Waals surface area contributed by atoms with Gasteiger partial charge in [0.25, 0.3) is 0 Å². The second-order valence-corrected chi connectivity index (χ2v) is 11.7. The molecule has 1 unspecified atom stereocenters. The second kappa shape index (κ2) is 15.6. The number of hydrogen-bond acceptors (Lipinski definition) is 4. The van der Waals surface area contributed by atoms with E-state index in [0.29, 0.717) is 5.92 Å². The molecule has 6 heteroatoms. The number of allylic oxidation sites excluding steroid dienone is 3. The fourth-order valence-corrected chi connectivity index (χ4v) is 6.34. The Labute approximate surface area is 256 Å². The number of aromatic nitrogens is 1. The number of rotatable bonds is 9. The zero-order valence-electron chi connectivity index (χ0n) is 24.7. The largest absolute Gasteiger partial charge is 0.512 e. The van der Waals surface area contributed by atoms with E-state index >= 15 is 0 Å². The minimum absolute atomic E-state index is 0. The Kier molecular flexibility index (Phi) is 13.1. The van der Waals surface area contributed by atoms with E-state index in [1.54, 1.807) is 11.6 Å². The monoisotopic (exact) mass is 737 g/mol. The summed E-state index contributed by atoms with van der Waals surface area (Å²) in [6.07, 6.45) is 6.65. The molecule has 0 saturated heterocycles. The van der Waals surface area contributed by atoms with Crippen LogP contribution in [-0.4, -0.2) is 20.1 Å². The SMILES string of the molecule is CC1=CS(=O)c2ccnc(-c3[c-]c4ccccc4c(C(C)C)c3)c21.CCC(CC)C(=O)/C=C(\O)C(CC)CC.[Ir]. The summed E-state index contributed by atoms with van der Waals surface area (Å²) in [7, 11) is -1.07. The molecule has 1 N–H and O–H groups in total. The first-order chi connectivity index (χ1) is 18.7. The zero-order valence-corrected chi connectivity index (χ0v) is 27.9. The van der Waals surface area contributed by atoms with Gasteiger partial charge in [-0.05, 0) is 55.7 Å². The Morgan fingerprint density at radius 3 is 2.25 bits per heavy atom. The molecule has 0 fully saturated rings. The molecular formula is C34H42IrNO3S-. The minimum Gasteiger partial charge on any atom is -0.512 e. The summed E-state index contributed by atoms with van der Waals surface area (Å²) in [6, 6.07) is 15.9. The number of benzene rings is 2. The van der Waals surface area contributed by atoms with Gasteiger partial charge in [-0.3, -0.25) is 9.78 Å². The Morgan fingerprint density at radius 2 is 1.65 bits per heavy atom. The van der Waals surface area contributed by atoms with Gasteiger partial charge in [-0.1, -0.05) is 70.7 Å². The molecule has 1 aromatic heterocycles. The maximum Gasteiger partial charge on any atom is 0.162 e. The van der Waals surface area contributed by atoms with Crippen LogP contribution < -0.4 is 0 Å². The van der Waals surface area contributed by atoms with Crippen molar-refractivity contribution in [1.29, 1.82) is 0 Å². The van der Waals surface area contributed by atoms with Gasteiger partial charge in [0.15, 0.2) is 5.78 Å². The fourth-order valence-electron chi connectivity index (χ4n) is 5.12. The van der Waals surface area contributed by atoms with Gasteiger partial charge >= 0.3 is 0 Å². The molecule has 1 radical (unpaired) electrons. The van der Waals surface area contributed by atoms with Crippen LogP contribution in [0.5, 0.6) is 0 Å². The first-order valence-electron chi connectivity index (χ1n) is 14.1. The Morgan fingerprint density at radius 1 is 1.02 bits per heavy atom. The standard InChI is InChI=1S/C21H18NOS.C13H24O2.Ir/c1-13(2)18-11-16(10-15-6-4-5-7-17(15)18)21-20-14(3)12-24(23)19(20)8-9-22-21;1-5-10(6-2)12(14)9-13(15)11(7-3)8-4;/h4-9,11-13H,1-3H3;9-11,14H,5-8H2,1-4H3;/q-1;;/b;12-9-;. The topological polar surface area (TPSA) is 67.3 Å². The summed E-state index contributed by atoms with van der Waals surface area (Å²) < 4.78 is 12.2. The van der Waals surface area contributed by atoms with Gasteiger partial charge in [0, 0.05) is 60.2 Å². The summed E-state index contributed by atoms with van der Waals surface area (Å²) in [5.74, 6) is 0.955. The normalized spacial score (nSPS) is 14.6. The summed E-state index contributed by atoms with van der Waals surface area (Å²) >= 11 is 0. The van der Waals surface area contributed by atoms with Crippen molar-refractivity contribution in [3.05, 3.63) is 77.0 Å². The molecule has 0 bridgehead atoms.